The molecule has 9 heavy (non-hydrogen) atoms. The van der Waals surface area contributed by atoms with Gasteiger partial charge in [-0.2, -0.15) is 0 Å². The first kappa shape index (κ1) is 5.75. The fourth-order valence-electron chi connectivity index (χ4n) is 0.482. The van der Waals surface area contributed by atoms with Crippen LogP contribution < -0.4 is 10.6 Å². The van der Waals surface area contributed by atoms with E-state index in [2.05, 4.69) is 16.3 Å². The molecule has 0 atom stereocenters. The molecule has 46 valence electrons. The number of hydrogen-bond acceptors (Lipinski definition) is 3. The van der Waals surface area contributed by atoms with Gasteiger partial charge in [0.15, 0.2) is 5.42 Å². The van der Waals surface area contributed by atoms with Gasteiger partial charge in [0.1, 0.15) is 0 Å². The molecule has 0 unspecified atom stereocenters. The minimum Gasteiger partial charge on any atom is -0.356 e. The van der Waals surface area contributed by atoms with Crippen LogP contribution in [0.4, 0.5) is 0 Å². The molecule has 1 N–H and O–H groups in total. The van der Waals surface area contributed by atoms with Gasteiger partial charge in [0, 0.05) is 17.5 Å². The molecule has 1 aromatic heterocycles. The van der Waals surface area contributed by atoms with Crippen molar-refractivity contribution >= 4 is 18.9 Å². The van der Waals surface area contributed by atoms with Crippen molar-refractivity contribution in [1.29, 1.82) is 5.41 Å². The van der Waals surface area contributed by atoms with Crippen molar-refractivity contribution in [3.63, 3.8) is 0 Å². The van der Waals surface area contributed by atoms with Gasteiger partial charge in [-0.25, -0.2) is 0 Å². The molecule has 1 aromatic rings. The molecule has 3 nitrogen and oxygen atoms in total. The SMILES string of the molecule is C=c1cno/c1=C/C=N. The number of nitrogens with zero attached hydrogens (tertiary/aromatic N) is 1. The minimum absolute atomic E-state index is 0.546. The van der Waals surface area contributed by atoms with E-state index in [9.17, 15) is 0 Å². The van der Waals surface area contributed by atoms with Crippen molar-refractivity contribution in [3.8, 4) is 0 Å². The first-order valence-corrected chi connectivity index (χ1v) is 2.45. The maximum absolute atomic E-state index is 6.68. The lowest BCUT2D eigenvalue weighted by molar-refractivity contribution is 0.394. The van der Waals surface area contributed by atoms with Gasteiger partial charge in [0.2, 0.25) is 0 Å². The summed E-state index contributed by atoms with van der Waals surface area (Å²) in [7, 11) is 0. The van der Waals surface area contributed by atoms with Gasteiger partial charge in [-0.15, -0.1) is 0 Å². The maximum atomic E-state index is 6.68. The molecule has 3 heteroatoms. The van der Waals surface area contributed by atoms with Crippen LogP contribution >= 0.6 is 0 Å². The third-order valence-corrected chi connectivity index (χ3v) is 0.911. The second-order valence-electron chi connectivity index (χ2n) is 1.55. The van der Waals surface area contributed by atoms with Crippen LogP contribution in [-0.4, -0.2) is 11.4 Å². The summed E-state index contributed by atoms with van der Waals surface area (Å²) >= 11 is 0. The summed E-state index contributed by atoms with van der Waals surface area (Å²) in [5, 5.41) is 10.9. The standard InChI is InChI=1S/C6H6N2O/c1-5-4-8-9-6(5)2-3-7/h2-4,7H,1H2/b6-2+,7-3?. The Hall–Kier alpha value is -1.38. The summed E-state index contributed by atoms with van der Waals surface area (Å²) in [5.41, 5.74) is 0.546. The monoisotopic (exact) mass is 122 g/mol. The normalized spacial score (nSPS) is 11.8. The van der Waals surface area contributed by atoms with E-state index < -0.39 is 0 Å². The zero-order chi connectivity index (χ0) is 6.69. The Labute approximate surface area is 51.8 Å². The largest absolute Gasteiger partial charge is 0.356 e. The molecule has 1 rings (SSSR count). The molecule has 0 radical (unpaired) electrons. The first-order chi connectivity index (χ1) is 4.34. The Morgan fingerprint density at radius 2 is 2.56 bits per heavy atom. The van der Waals surface area contributed by atoms with Crippen molar-refractivity contribution in [2.24, 2.45) is 0 Å². The van der Waals surface area contributed by atoms with Gasteiger partial charge in [-0.3, -0.25) is 0 Å². The molecule has 0 saturated heterocycles. The topological polar surface area (TPSA) is 49.9 Å². The molecule has 0 fully saturated rings. The summed E-state index contributed by atoms with van der Waals surface area (Å²) < 4.78 is 4.69. The average molecular weight is 122 g/mol. The Kier molecular flexibility index (Phi) is 1.44. The highest BCUT2D eigenvalue weighted by Gasteiger charge is 1.82. The molecular formula is C6H6N2O. The van der Waals surface area contributed by atoms with Crippen molar-refractivity contribution < 1.29 is 4.52 Å². The predicted octanol–water partition coefficient (Wildman–Crippen LogP) is -0.485. The minimum atomic E-state index is 0.546. The smallest absolute Gasteiger partial charge is 0.167 e. The second-order valence-corrected chi connectivity index (χ2v) is 1.55. The van der Waals surface area contributed by atoms with Crippen LogP contribution in [0, 0.1) is 5.41 Å². The number of nitrogens with one attached hydrogen (secondary N) is 1. The molecule has 0 aliphatic rings. The molecule has 0 saturated carbocycles. The first-order valence-electron chi connectivity index (χ1n) is 2.45. The molecule has 0 aromatic carbocycles. The fraction of sp³-hybridized carbons (Fsp3) is 0. The van der Waals surface area contributed by atoms with Crippen LogP contribution in [0.25, 0.3) is 12.7 Å². The molecule has 0 amide bonds. The molecule has 0 bridgehead atoms. The Balaban J connectivity index is 3.39. The van der Waals surface area contributed by atoms with E-state index in [4.69, 9.17) is 5.41 Å². The molecule has 1 heterocycles. The van der Waals surface area contributed by atoms with Gasteiger partial charge < -0.3 is 9.93 Å². The summed E-state index contributed by atoms with van der Waals surface area (Å²) in [4.78, 5) is 0. The number of hydrogen-bond donors (Lipinski definition) is 1. The fourth-order valence-corrected chi connectivity index (χ4v) is 0.482. The summed E-state index contributed by atoms with van der Waals surface area (Å²) in [6, 6.07) is 0. The zero-order valence-corrected chi connectivity index (χ0v) is 4.79. The van der Waals surface area contributed by atoms with Gasteiger partial charge in [0.05, 0.1) is 6.20 Å². The predicted molar refractivity (Wildman–Crippen MR) is 34.5 cm³/mol. The van der Waals surface area contributed by atoms with Crippen LogP contribution in [0.15, 0.2) is 10.7 Å². The molecule has 0 spiro atoms. The Morgan fingerprint density at radius 3 is 3.00 bits per heavy atom. The van der Waals surface area contributed by atoms with E-state index in [0.717, 1.165) is 6.21 Å². The van der Waals surface area contributed by atoms with E-state index in [1.54, 1.807) is 0 Å². The summed E-state index contributed by atoms with van der Waals surface area (Å²) in [6.45, 7) is 3.61. The maximum Gasteiger partial charge on any atom is 0.167 e. The van der Waals surface area contributed by atoms with E-state index in [0.29, 0.717) is 10.6 Å². The van der Waals surface area contributed by atoms with Crippen LogP contribution in [-0.2, 0) is 0 Å². The molecular weight excluding hydrogens is 116 g/mol. The lowest BCUT2D eigenvalue weighted by Crippen LogP contribution is -2.16. The Morgan fingerprint density at radius 1 is 1.78 bits per heavy atom. The van der Waals surface area contributed by atoms with Crippen molar-refractivity contribution in [1.82, 2.24) is 5.16 Å². The molecule has 0 aliphatic heterocycles. The molecule has 0 aliphatic carbocycles. The number of aromatic nitrogens is 1. The van der Waals surface area contributed by atoms with E-state index in [1.807, 2.05) is 0 Å². The second kappa shape index (κ2) is 2.26. The highest BCUT2D eigenvalue weighted by Crippen LogP contribution is 1.57. The van der Waals surface area contributed by atoms with Gasteiger partial charge in [0.25, 0.3) is 0 Å². The van der Waals surface area contributed by atoms with Crippen LogP contribution in [0.3, 0.4) is 0 Å². The quantitative estimate of drug-likeness (QED) is 0.511. The zero-order valence-electron chi connectivity index (χ0n) is 4.79. The van der Waals surface area contributed by atoms with Crippen LogP contribution in [0.5, 0.6) is 0 Å². The average Bonchev–Trinajstić information content (AvgIpc) is 2.18. The lowest BCUT2D eigenvalue weighted by atomic mass is 10.5. The highest BCUT2D eigenvalue weighted by atomic mass is 16.5. The van der Waals surface area contributed by atoms with Crippen LogP contribution in [0.1, 0.15) is 0 Å². The van der Waals surface area contributed by atoms with Gasteiger partial charge >= 0.3 is 0 Å². The summed E-state index contributed by atoms with van der Waals surface area (Å²) in [6.07, 6.45) is 4.14. The number of rotatable bonds is 1. The van der Waals surface area contributed by atoms with Crippen molar-refractivity contribution in [3.05, 3.63) is 16.8 Å². The highest BCUT2D eigenvalue weighted by molar-refractivity contribution is 5.87. The van der Waals surface area contributed by atoms with E-state index >= 15 is 0 Å². The van der Waals surface area contributed by atoms with Crippen molar-refractivity contribution in [2.45, 2.75) is 0 Å². The Bertz CT molecular complexity index is 299. The summed E-state index contributed by atoms with van der Waals surface area (Å²) in [5.74, 6) is 0. The van der Waals surface area contributed by atoms with Gasteiger partial charge in [-0.05, 0) is 0 Å². The van der Waals surface area contributed by atoms with Gasteiger partial charge in [-0.1, -0.05) is 11.7 Å². The third kappa shape index (κ3) is 1.05. The third-order valence-electron chi connectivity index (χ3n) is 0.911. The lowest BCUT2D eigenvalue weighted by Gasteiger charge is -1.65. The van der Waals surface area contributed by atoms with Crippen molar-refractivity contribution in [2.75, 3.05) is 0 Å². The van der Waals surface area contributed by atoms with Crippen LogP contribution in [0.2, 0.25) is 0 Å². The van der Waals surface area contributed by atoms with E-state index in [1.165, 1.54) is 12.3 Å². The van der Waals surface area contributed by atoms with E-state index in [-0.39, 0.29) is 0 Å².